The number of nitrogens with one attached hydrogen (secondary N) is 1. The summed E-state index contributed by atoms with van der Waals surface area (Å²) in [4.78, 5) is 53.2. The number of ether oxygens (including phenoxy) is 3. The monoisotopic (exact) mass is 573 g/mol. The highest BCUT2D eigenvalue weighted by Gasteiger charge is 2.36. The van der Waals surface area contributed by atoms with Crippen LogP contribution in [0, 0.1) is 6.92 Å². The highest BCUT2D eigenvalue weighted by atomic mass is 32.1. The summed E-state index contributed by atoms with van der Waals surface area (Å²) >= 11 is 0.861. The number of hydrogen-bond acceptors (Lipinski definition) is 8. The van der Waals surface area contributed by atoms with Gasteiger partial charge in [-0.25, -0.2) is 14.2 Å². The molecule has 40 heavy (non-hydrogen) atoms. The third-order valence-electron chi connectivity index (χ3n) is 7.22. The maximum absolute atomic E-state index is 14.2. The van der Waals surface area contributed by atoms with E-state index in [4.69, 9.17) is 14.2 Å². The molecule has 1 aromatic carbocycles. The second-order valence-electron chi connectivity index (χ2n) is 10.2. The van der Waals surface area contributed by atoms with Gasteiger partial charge in [-0.15, -0.1) is 11.3 Å². The van der Waals surface area contributed by atoms with Gasteiger partial charge in [-0.1, -0.05) is 18.2 Å². The molecule has 3 heterocycles. The summed E-state index contributed by atoms with van der Waals surface area (Å²) in [7, 11) is 1.55. The van der Waals surface area contributed by atoms with Crippen LogP contribution >= 0.6 is 11.3 Å². The fourth-order valence-electron chi connectivity index (χ4n) is 5.04. The molecular weight excluding hydrogens is 538 g/mol. The molecule has 1 amide bonds. The topological polar surface area (TPSA) is 138 Å². The molecule has 1 atom stereocenters. The normalized spacial score (nSPS) is 15.2. The summed E-state index contributed by atoms with van der Waals surface area (Å²) in [6.45, 7) is 7.63. The predicted octanol–water partition coefficient (Wildman–Crippen LogP) is 3.05. The van der Waals surface area contributed by atoms with E-state index in [1.54, 1.807) is 20.1 Å². The molecule has 0 aliphatic carbocycles. The molecule has 3 aromatic rings. The smallest absolute Gasteiger partial charge is 0.346 e. The van der Waals surface area contributed by atoms with Gasteiger partial charge in [0.15, 0.2) is 0 Å². The van der Waals surface area contributed by atoms with Crippen molar-refractivity contribution in [1.29, 1.82) is 0 Å². The number of aromatic nitrogens is 2. The lowest BCUT2D eigenvalue weighted by atomic mass is 10.0. The minimum Gasteiger partial charge on any atom is -0.496 e. The zero-order chi connectivity index (χ0) is 29.2. The second-order valence-corrected chi connectivity index (χ2v) is 11.2. The van der Waals surface area contributed by atoms with E-state index in [0.717, 1.165) is 15.9 Å². The zero-order valence-electron chi connectivity index (χ0n) is 23.3. The number of methoxy groups -OCH3 is 1. The molecule has 0 unspecified atom stereocenters. The van der Waals surface area contributed by atoms with Crippen molar-refractivity contribution in [2.24, 2.45) is 0 Å². The number of aromatic carboxylic acids is 1. The summed E-state index contributed by atoms with van der Waals surface area (Å²) in [5.41, 5.74) is -2.07. The molecule has 4 rings (SSSR count). The van der Waals surface area contributed by atoms with E-state index in [1.807, 2.05) is 18.2 Å². The van der Waals surface area contributed by atoms with Crippen LogP contribution in [0.4, 0.5) is 0 Å². The molecule has 12 heteroatoms. The summed E-state index contributed by atoms with van der Waals surface area (Å²) in [6.07, 6.45) is 0.503. The Bertz CT molecular complexity index is 1530. The van der Waals surface area contributed by atoms with Gasteiger partial charge in [-0.05, 0) is 52.2 Å². The molecule has 2 N–H and O–H groups in total. The largest absolute Gasteiger partial charge is 0.496 e. The predicted molar refractivity (Wildman–Crippen MR) is 151 cm³/mol. The van der Waals surface area contributed by atoms with Crippen molar-refractivity contribution in [1.82, 2.24) is 14.5 Å². The number of nitrogens with zero attached hydrogens (tertiary/aromatic N) is 2. The van der Waals surface area contributed by atoms with Gasteiger partial charge < -0.3 is 24.6 Å². The fraction of sp³-hybridized carbons (Fsp3) is 0.500. The van der Waals surface area contributed by atoms with E-state index < -0.39 is 34.8 Å². The minimum atomic E-state index is -1.56. The van der Waals surface area contributed by atoms with Crippen LogP contribution in [0.1, 0.15) is 60.5 Å². The maximum Gasteiger partial charge on any atom is 0.346 e. The summed E-state index contributed by atoms with van der Waals surface area (Å²) in [5, 5.41) is 12.6. The van der Waals surface area contributed by atoms with E-state index in [-0.39, 0.29) is 33.3 Å². The van der Waals surface area contributed by atoms with Crippen molar-refractivity contribution in [2.75, 3.05) is 26.9 Å². The van der Waals surface area contributed by atoms with E-state index in [9.17, 15) is 24.3 Å². The SMILES string of the molecule is CCNC(=O)C(C)(C)n1c(=O)c2c(C)c(C(=O)O)sc2n(C[C@H](OC2CCOCC2)c2ccccc2OC)c1=O. The number of amides is 1. The Kier molecular flexibility index (Phi) is 8.81. The summed E-state index contributed by atoms with van der Waals surface area (Å²) in [5.74, 6) is -1.15. The van der Waals surface area contributed by atoms with E-state index in [1.165, 1.54) is 25.3 Å². The molecule has 0 saturated carbocycles. The molecule has 0 radical (unpaired) electrons. The summed E-state index contributed by atoms with van der Waals surface area (Å²) in [6, 6.07) is 7.32. The van der Waals surface area contributed by atoms with E-state index in [2.05, 4.69) is 5.32 Å². The number of para-hydroxylation sites is 1. The molecule has 1 saturated heterocycles. The van der Waals surface area contributed by atoms with Crippen molar-refractivity contribution in [3.63, 3.8) is 0 Å². The van der Waals surface area contributed by atoms with Gasteiger partial charge in [-0.2, -0.15) is 0 Å². The molecule has 216 valence electrons. The molecule has 1 aliphatic heterocycles. The molecule has 2 aromatic heterocycles. The average Bonchev–Trinajstić information content (AvgIpc) is 3.28. The quantitative estimate of drug-likeness (QED) is 0.378. The number of fused-ring (bicyclic) bond motifs is 1. The minimum absolute atomic E-state index is 0.0438. The zero-order valence-corrected chi connectivity index (χ0v) is 24.1. The third-order valence-corrected chi connectivity index (χ3v) is 8.52. The van der Waals surface area contributed by atoms with Crippen molar-refractivity contribution >= 4 is 33.4 Å². The molecule has 1 aliphatic rings. The number of carbonyl (C=O) groups is 2. The first-order chi connectivity index (χ1) is 19.0. The lowest BCUT2D eigenvalue weighted by Gasteiger charge is -2.30. The Morgan fingerprint density at radius 1 is 1.23 bits per heavy atom. The Morgan fingerprint density at radius 2 is 1.90 bits per heavy atom. The van der Waals surface area contributed by atoms with Gasteiger partial charge in [0.25, 0.3) is 5.56 Å². The first-order valence-electron chi connectivity index (χ1n) is 13.2. The third kappa shape index (κ3) is 5.43. The van der Waals surface area contributed by atoms with Crippen LogP contribution in [0.25, 0.3) is 10.2 Å². The van der Waals surface area contributed by atoms with Crippen LogP contribution in [0.2, 0.25) is 0 Å². The lowest BCUT2D eigenvalue weighted by molar-refractivity contribution is -0.128. The highest BCUT2D eigenvalue weighted by molar-refractivity contribution is 7.20. The first-order valence-corrected chi connectivity index (χ1v) is 14.0. The number of rotatable bonds is 10. The number of hydrogen-bond donors (Lipinski definition) is 2. The molecule has 1 fully saturated rings. The van der Waals surface area contributed by atoms with Crippen molar-refractivity contribution < 1.29 is 28.9 Å². The van der Waals surface area contributed by atoms with Crippen LogP contribution < -0.4 is 21.3 Å². The van der Waals surface area contributed by atoms with E-state index >= 15 is 0 Å². The number of thiophene rings is 1. The van der Waals surface area contributed by atoms with Gasteiger partial charge >= 0.3 is 11.7 Å². The number of carboxylic acids is 1. The van der Waals surface area contributed by atoms with Gasteiger partial charge in [0.2, 0.25) is 5.91 Å². The van der Waals surface area contributed by atoms with Crippen molar-refractivity contribution in [2.45, 2.75) is 64.8 Å². The van der Waals surface area contributed by atoms with Crippen LogP contribution in [-0.4, -0.2) is 59.1 Å². The molecule has 11 nitrogen and oxygen atoms in total. The first kappa shape index (κ1) is 29.5. The Labute approximate surface area is 235 Å². The highest BCUT2D eigenvalue weighted by Crippen LogP contribution is 2.34. The molecular formula is C28H35N3O8S. The van der Waals surface area contributed by atoms with Crippen LogP contribution in [0.3, 0.4) is 0 Å². The number of carboxylic acid groups (broad SMARTS) is 1. The number of aryl methyl sites for hydroxylation is 1. The Morgan fingerprint density at radius 3 is 2.52 bits per heavy atom. The Balaban J connectivity index is 1.98. The Hall–Kier alpha value is -3.48. The number of carbonyl (C=O) groups excluding carboxylic acids is 1. The van der Waals surface area contributed by atoms with Crippen LogP contribution in [0.15, 0.2) is 33.9 Å². The number of likely N-dealkylation sites (N-methyl/N-ethyl adjacent to an activating group) is 1. The standard InChI is InChI=1S/C28H35N3O8S/c1-6-29-26(35)28(3,4)31-23(32)21-16(2)22(25(33)34)40-24(21)30(27(31)36)15-20(39-17-11-13-38-14-12-17)18-9-7-8-10-19(18)37-5/h7-10,17,20H,6,11-15H2,1-5H3,(H,29,35)(H,33,34)/t20-/m0/s1. The van der Waals surface area contributed by atoms with Crippen molar-refractivity contribution in [3.05, 3.63) is 61.1 Å². The summed E-state index contributed by atoms with van der Waals surface area (Å²) < 4.78 is 19.9. The molecule has 0 bridgehead atoms. The molecule has 0 spiro atoms. The maximum atomic E-state index is 14.2. The van der Waals surface area contributed by atoms with Gasteiger partial charge in [0, 0.05) is 25.3 Å². The fourth-order valence-corrected chi connectivity index (χ4v) is 6.18. The van der Waals surface area contributed by atoms with Gasteiger partial charge in [0.05, 0.1) is 25.1 Å². The van der Waals surface area contributed by atoms with Crippen molar-refractivity contribution in [3.8, 4) is 5.75 Å². The second kappa shape index (κ2) is 11.9. The average molecular weight is 574 g/mol. The number of benzene rings is 1. The van der Waals surface area contributed by atoms with Gasteiger partial charge in [0.1, 0.15) is 27.1 Å². The van der Waals surface area contributed by atoms with Crippen LogP contribution in [0.5, 0.6) is 5.75 Å². The van der Waals surface area contributed by atoms with Gasteiger partial charge in [-0.3, -0.25) is 14.2 Å². The lowest BCUT2D eigenvalue weighted by Crippen LogP contribution is -2.55. The van der Waals surface area contributed by atoms with Crippen LogP contribution in [-0.2, 0) is 26.4 Å². The van der Waals surface area contributed by atoms with E-state index in [0.29, 0.717) is 43.9 Å².